The molecule has 0 aromatic heterocycles. The molecular weight excluding hydrogens is 256 g/mol. The van der Waals surface area contributed by atoms with Crippen molar-refractivity contribution in [3.05, 3.63) is 59.7 Å². The number of hydrazine groups is 1. The van der Waals surface area contributed by atoms with E-state index in [1.165, 1.54) is 12.1 Å². The number of nitrogens with two attached hydrogens (primary N) is 2. The highest BCUT2D eigenvalue weighted by Crippen LogP contribution is 2.15. The number of anilines is 2. The van der Waals surface area contributed by atoms with E-state index >= 15 is 0 Å². The van der Waals surface area contributed by atoms with Gasteiger partial charge in [0.25, 0.3) is 11.8 Å². The average Bonchev–Trinajstić information content (AvgIpc) is 2.48. The zero-order valence-electron chi connectivity index (χ0n) is 10.6. The predicted molar refractivity (Wildman–Crippen MR) is 76.9 cm³/mol. The molecule has 20 heavy (non-hydrogen) atoms. The van der Waals surface area contributed by atoms with Crippen molar-refractivity contribution in [3.8, 4) is 0 Å². The number of amides is 2. The van der Waals surface area contributed by atoms with Crippen molar-refractivity contribution in [3.63, 3.8) is 0 Å². The molecule has 0 aliphatic rings. The van der Waals surface area contributed by atoms with E-state index in [4.69, 9.17) is 11.6 Å². The van der Waals surface area contributed by atoms with E-state index in [0.29, 0.717) is 11.3 Å². The van der Waals surface area contributed by atoms with Crippen molar-refractivity contribution < 1.29 is 9.59 Å². The lowest BCUT2D eigenvalue weighted by atomic mass is 10.1. The summed E-state index contributed by atoms with van der Waals surface area (Å²) >= 11 is 0. The first kappa shape index (κ1) is 13.6. The smallest absolute Gasteiger partial charge is 0.267 e. The molecular formula is C14H14N4O2. The van der Waals surface area contributed by atoms with Gasteiger partial charge in [-0.05, 0) is 30.3 Å². The van der Waals surface area contributed by atoms with E-state index < -0.39 is 5.91 Å². The summed E-state index contributed by atoms with van der Waals surface area (Å²) in [6.45, 7) is 0. The zero-order valence-corrected chi connectivity index (χ0v) is 10.6. The number of carbonyl (C=O) groups excluding carboxylic acids is 2. The Morgan fingerprint density at radius 1 is 0.950 bits per heavy atom. The quantitative estimate of drug-likeness (QED) is 0.290. The monoisotopic (exact) mass is 270 g/mol. The summed E-state index contributed by atoms with van der Waals surface area (Å²) in [6, 6.07) is 13.4. The summed E-state index contributed by atoms with van der Waals surface area (Å²) < 4.78 is 0. The van der Waals surface area contributed by atoms with Crippen LogP contribution in [0.15, 0.2) is 48.5 Å². The van der Waals surface area contributed by atoms with Gasteiger partial charge in [-0.3, -0.25) is 15.0 Å². The number of benzene rings is 2. The molecule has 0 saturated carbocycles. The van der Waals surface area contributed by atoms with E-state index in [1.807, 2.05) is 23.6 Å². The number of hydrogen-bond donors (Lipinski definition) is 4. The molecule has 2 rings (SSSR count). The van der Waals surface area contributed by atoms with Crippen LogP contribution in [-0.2, 0) is 0 Å². The minimum atomic E-state index is -0.545. The van der Waals surface area contributed by atoms with E-state index in [1.54, 1.807) is 18.2 Å². The van der Waals surface area contributed by atoms with Gasteiger partial charge in [-0.15, -0.1) is 0 Å². The van der Waals surface area contributed by atoms with Gasteiger partial charge in [0, 0.05) is 16.9 Å². The highest BCUT2D eigenvalue weighted by molar-refractivity contribution is 6.07. The molecule has 102 valence electrons. The predicted octanol–water partition coefficient (Wildman–Crippen LogP) is 1.12. The molecule has 0 spiro atoms. The first-order chi connectivity index (χ1) is 9.61. The highest BCUT2D eigenvalue weighted by Gasteiger charge is 2.13. The highest BCUT2D eigenvalue weighted by atomic mass is 16.2. The number of rotatable bonds is 3. The third kappa shape index (κ3) is 2.93. The molecule has 2 aromatic rings. The van der Waals surface area contributed by atoms with Crippen LogP contribution in [0.4, 0.5) is 11.4 Å². The lowest BCUT2D eigenvalue weighted by molar-refractivity contribution is 0.0954. The Kier molecular flexibility index (Phi) is 3.97. The fraction of sp³-hybridized carbons (Fsp3) is 0. The van der Waals surface area contributed by atoms with E-state index in [-0.39, 0.29) is 17.2 Å². The molecule has 0 radical (unpaired) electrons. The molecule has 2 amide bonds. The number of nitrogen functional groups attached to an aromatic ring is 2. The lowest BCUT2D eigenvalue weighted by Gasteiger charge is -2.08. The van der Waals surface area contributed by atoms with Gasteiger partial charge in [0.1, 0.15) is 0 Å². The second-order valence-electron chi connectivity index (χ2n) is 4.10. The topological polar surface area (TPSA) is 110 Å². The van der Waals surface area contributed by atoms with Gasteiger partial charge in [0.2, 0.25) is 0 Å². The number of hydrogen-bond acceptors (Lipinski definition) is 4. The first-order valence-electron chi connectivity index (χ1n) is 5.88. The molecule has 6 N–H and O–H groups in total. The van der Waals surface area contributed by atoms with E-state index in [0.717, 1.165) is 0 Å². The molecule has 0 unspecified atom stereocenters. The molecule has 0 aliphatic carbocycles. The van der Waals surface area contributed by atoms with Gasteiger partial charge in [0.15, 0.2) is 0 Å². The van der Waals surface area contributed by atoms with Crippen LogP contribution in [-0.4, -0.2) is 11.8 Å². The Bertz CT molecular complexity index is 641. The Morgan fingerprint density at radius 2 is 1.65 bits per heavy atom. The third-order valence-electron chi connectivity index (χ3n) is 2.72. The average molecular weight is 270 g/mol. The molecule has 0 bridgehead atoms. The molecule has 0 aliphatic heterocycles. The van der Waals surface area contributed by atoms with Crippen molar-refractivity contribution >= 4 is 23.2 Å². The minimum Gasteiger partial charge on any atom is -0.398 e. The van der Waals surface area contributed by atoms with Gasteiger partial charge in [-0.2, -0.15) is 0 Å². The fourth-order valence-electron chi connectivity index (χ4n) is 1.70. The Hall–Kier alpha value is -2.86. The standard InChI is InChI=1S/C14H14N4O2/c15-12-7-6-9(8-11(12)14(20)18-16)13(19)17-10-4-2-1-3-5-10/h1-8H,15-16H2,(H,17,19)(H,18,20). The largest absolute Gasteiger partial charge is 0.398 e. The fourth-order valence-corrected chi connectivity index (χ4v) is 1.70. The summed E-state index contributed by atoms with van der Waals surface area (Å²) in [5, 5.41) is 2.72. The molecule has 6 nitrogen and oxygen atoms in total. The van der Waals surface area contributed by atoms with Crippen LogP contribution in [0.2, 0.25) is 0 Å². The van der Waals surface area contributed by atoms with Crippen molar-refractivity contribution in [2.45, 2.75) is 0 Å². The van der Waals surface area contributed by atoms with Crippen molar-refractivity contribution in [1.29, 1.82) is 0 Å². The Balaban J connectivity index is 2.25. The maximum Gasteiger partial charge on any atom is 0.267 e. The van der Waals surface area contributed by atoms with Gasteiger partial charge < -0.3 is 11.1 Å². The van der Waals surface area contributed by atoms with Crippen LogP contribution in [0, 0.1) is 0 Å². The normalized spacial score (nSPS) is 9.85. The molecule has 0 heterocycles. The third-order valence-corrected chi connectivity index (χ3v) is 2.72. The van der Waals surface area contributed by atoms with Crippen molar-refractivity contribution in [2.24, 2.45) is 5.84 Å². The Labute approximate surface area is 115 Å². The van der Waals surface area contributed by atoms with Crippen LogP contribution < -0.4 is 22.3 Å². The van der Waals surface area contributed by atoms with Gasteiger partial charge >= 0.3 is 0 Å². The number of para-hydroxylation sites is 1. The van der Waals surface area contributed by atoms with Crippen molar-refractivity contribution in [1.82, 2.24) is 5.43 Å². The van der Waals surface area contributed by atoms with Crippen LogP contribution in [0.25, 0.3) is 0 Å². The lowest BCUT2D eigenvalue weighted by Crippen LogP contribution is -2.31. The SMILES string of the molecule is NNC(=O)c1cc(C(=O)Nc2ccccc2)ccc1N. The van der Waals surface area contributed by atoms with E-state index in [9.17, 15) is 9.59 Å². The van der Waals surface area contributed by atoms with Crippen LogP contribution >= 0.6 is 0 Å². The van der Waals surface area contributed by atoms with Gasteiger partial charge in [-0.1, -0.05) is 18.2 Å². The van der Waals surface area contributed by atoms with Gasteiger partial charge in [0.05, 0.1) is 5.56 Å². The molecule has 0 atom stereocenters. The van der Waals surface area contributed by atoms with Crippen LogP contribution in [0.3, 0.4) is 0 Å². The first-order valence-corrected chi connectivity index (χ1v) is 5.88. The second-order valence-corrected chi connectivity index (χ2v) is 4.10. The van der Waals surface area contributed by atoms with Crippen LogP contribution in [0.1, 0.15) is 20.7 Å². The summed E-state index contributed by atoms with van der Waals surface area (Å²) in [5.41, 5.74) is 9.06. The minimum absolute atomic E-state index is 0.160. The number of carbonyl (C=O) groups is 2. The Morgan fingerprint density at radius 3 is 2.30 bits per heavy atom. The zero-order chi connectivity index (χ0) is 14.5. The molecule has 6 heteroatoms. The van der Waals surface area contributed by atoms with Crippen LogP contribution in [0.5, 0.6) is 0 Å². The summed E-state index contributed by atoms with van der Waals surface area (Å²) in [5.74, 6) is 4.19. The van der Waals surface area contributed by atoms with Gasteiger partial charge in [-0.25, -0.2) is 5.84 Å². The summed E-state index contributed by atoms with van der Waals surface area (Å²) in [7, 11) is 0. The van der Waals surface area contributed by atoms with Crippen molar-refractivity contribution in [2.75, 3.05) is 11.1 Å². The maximum absolute atomic E-state index is 12.1. The summed E-state index contributed by atoms with van der Waals surface area (Å²) in [4.78, 5) is 23.6. The molecule has 0 saturated heterocycles. The summed E-state index contributed by atoms with van der Waals surface area (Å²) in [6.07, 6.45) is 0. The number of nitrogens with one attached hydrogen (secondary N) is 2. The molecule has 0 fully saturated rings. The second kappa shape index (κ2) is 5.85. The molecule has 2 aromatic carbocycles. The van der Waals surface area contributed by atoms with E-state index in [2.05, 4.69) is 5.32 Å². The maximum atomic E-state index is 12.1.